The minimum atomic E-state index is 0.0859. The van der Waals surface area contributed by atoms with Crippen LogP contribution in [-0.4, -0.2) is 11.9 Å². The van der Waals surface area contributed by atoms with Gasteiger partial charge in [-0.05, 0) is 20.8 Å². The van der Waals surface area contributed by atoms with Gasteiger partial charge in [-0.25, -0.2) is 0 Å². The monoisotopic (exact) mass is 153 g/mol. The molecule has 1 N–H and O–H groups in total. The van der Waals surface area contributed by atoms with E-state index < -0.39 is 0 Å². The predicted octanol–water partition coefficient (Wildman–Crippen LogP) is 1.31. The van der Waals surface area contributed by atoms with Gasteiger partial charge in [0.15, 0.2) is 0 Å². The topological polar surface area (TPSA) is 29.1 Å². The van der Waals surface area contributed by atoms with Gasteiger partial charge in [0.25, 0.3) is 0 Å². The molecule has 0 saturated heterocycles. The fraction of sp³-hybridized carbons (Fsp3) is 0.667. The molecule has 0 aromatic carbocycles. The molecule has 0 aromatic heterocycles. The summed E-state index contributed by atoms with van der Waals surface area (Å²) in [7, 11) is 0. The smallest absolute Gasteiger partial charge is 0.221 e. The highest BCUT2D eigenvalue weighted by Crippen LogP contribution is 1.87. The molecule has 0 fully saturated rings. The maximum absolute atomic E-state index is 10.9. The van der Waals surface area contributed by atoms with Crippen LogP contribution in [0.3, 0.4) is 0 Å². The van der Waals surface area contributed by atoms with Crippen LogP contribution in [0.1, 0.15) is 33.6 Å². The van der Waals surface area contributed by atoms with Gasteiger partial charge in [-0.2, -0.15) is 0 Å². The number of hydrogen-bond acceptors (Lipinski definition) is 1. The summed E-state index contributed by atoms with van der Waals surface area (Å²) in [6.45, 7) is 5.67. The molecule has 0 aliphatic heterocycles. The molecule has 0 saturated carbocycles. The first-order chi connectivity index (χ1) is 5.16. The number of carbonyl (C=O) groups is 1. The largest absolute Gasteiger partial charge is 0.354 e. The average molecular weight is 153 g/mol. The Bertz CT molecular complexity index is 174. The van der Waals surface area contributed by atoms with Gasteiger partial charge in [-0.1, -0.05) is 0 Å². The molecule has 0 aliphatic rings. The highest BCUT2D eigenvalue weighted by atomic mass is 16.1. The van der Waals surface area contributed by atoms with Crippen molar-refractivity contribution >= 4 is 5.91 Å². The molecule has 0 bridgehead atoms. The first-order valence-electron chi connectivity index (χ1n) is 3.85. The summed E-state index contributed by atoms with van der Waals surface area (Å²) in [5.41, 5.74) is 0. The summed E-state index contributed by atoms with van der Waals surface area (Å²) in [5.74, 6) is 5.67. The summed E-state index contributed by atoms with van der Waals surface area (Å²) in [6.07, 6.45) is 1.17. The zero-order valence-corrected chi connectivity index (χ0v) is 7.40. The lowest BCUT2D eigenvalue weighted by Gasteiger charge is -2.05. The van der Waals surface area contributed by atoms with Crippen molar-refractivity contribution in [2.75, 3.05) is 0 Å². The van der Waals surface area contributed by atoms with Crippen molar-refractivity contribution in [1.82, 2.24) is 5.32 Å². The fourth-order valence-corrected chi connectivity index (χ4v) is 0.695. The highest BCUT2D eigenvalue weighted by molar-refractivity contribution is 5.76. The molecule has 1 amide bonds. The van der Waals surface area contributed by atoms with E-state index in [0.717, 1.165) is 0 Å². The summed E-state index contributed by atoms with van der Waals surface area (Å²) in [4.78, 5) is 10.9. The van der Waals surface area contributed by atoms with Crippen molar-refractivity contribution in [3.05, 3.63) is 0 Å². The van der Waals surface area contributed by atoms with Crippen LogP contribution in [0.5, 0.6) is 0 Å². The van der Waals surface area contributed by atoms with Crippen molar-refractivity contribution in [2.45, 2.75) is 39.7 Å². The zero-order valence-electron chi connectivity index (χ0n) is 7.40. The average Bonchev–Trinajstić information content (AvgIpc) is 1.86. The molecule has 0 heterocycles. The molecule has 0 rings (SSSR count). The van der Waals surface area contributed by atoms with Crippen LogP contribution in [0.25, 0.3) is 0 Å². The Morgan fingerprint density at radius 1 is 1.55 bits per heavy atom. The second-order valence-electron chi connectivity index (χ2n) is 2.65. The second-order valence-corrected chi connectivity index (χ2v) is 2.65. The number of amides is 1. The second kappa shape index (κ2) is 5.79. The van der Waals surface area contributed by atoms with Crippen molar-refractivity contribution in [1.29, 1.82) is 0 Å². The van der Waals surface area contributed by atoms with E-state index in [-0.39, 0.29) is 11.9 Å². The SMILES string of the molecule is CC#CCCC(=O)NC(C)C. The van der Waals surface area contributed by atoms with E-state index in [2.05, 4.69) is 17.2 Å². The Morgan fingerprint density at radius 3 is 2.64 bits per heavy atom. The van der Waals surface area contributed by atoms with Crippen molar-refractivity contribution in [3.63, 3.8) is 0 Å². The fourth-order valence-electron chi connectivity index (χ4n) is 0.695. The molecule has 0 atom stereocenters. The van der Waals surface area contributed by atoms with Gasteiger partial charge in [-0.15, -0.1) is 11.8 Å². The number of nitrogens with one attached hydrogen (secondary N) is 1. The van der Waals surface area contributed by atoms with E-state index >= 15 is 0 Å². The van der Waals surface area contributed by atoms with Gasteiger partial charge in [0, 0.05) is 18.9 Å². The van der Waals surface area contributed by atoms with Crippen LogP contribution < -0.4 is 5.32 Å². The van der Waals surface area contributed by atoms with E-state index in [0.29, 0.717) is 12.8 Å². The van der Waals surface area contributed by atoms with Crippen LogP contribution in [0.4, 0.5) is 0 Å². The molecule has 0 radical (unpaired) electrons. The lowest BCUT2D eigenvalue weighted by molar-refractivity contribution is -0.121. The third-order valence-electron chi connectivity index (χ3n) is 1.10. The normalized spacial score (nSPS) is 8.73. The van der Waals surface area contributed by atoms with Gasteiger partial charge in [0.2, 0.25) is 5.91 Å². The van der Waals surface area contributed by atoms with Gasteiger partial charge < -0.3 is 5.32 Å². The zero-order chi connectivity index (χ0) is 8.69. The van der Waals surface area contributed by atoms with Crippen LogP contribution >= 0.6 is 0 Å². The van der Waals surface area contributed by atoms with Crippen LogP contribution in [0.15, 0.2) is 0 Å². The molecule has 11 heavy (non-hydrogen) atoms. The molecule has 0 aliphatic carbocycles. The summed E-state index contributed by atoms with van der Waals surface area (Å²) >= 11 is 0. The van der Waals surface area contributed by atoms with Gasteiger partial charge in [-0.3, -0.25) is 4.79 Å². The number of hydrogen-bond donors (Lipinski definition) is 1. The first kappa shape index (κ1) is 10.0. The van der Waals surface area contributed by atoms with E-state index in [4.69, 9.17) is 0 Å². The molecule has 2 heteroatoms. The lowest BCUT2D eigenvalue weighted by Crippen LogP contribution is -2.29. The van der Waals surface area contributed by atoms with Crippen LogP contribution in [0.2, 0.25) is 0 Å². The van der Waals surface area contributed by atoms with Crippen molar-refractivity contribution < 1.29 is 4.79 Å². The van der Waals surface area contributed by atoms with Gasteiger partial charge in [0.1, 0.15) is 0 Å². The summed E-state index contributed by atoms with van der Waals surface area (Å²) in [5, 5.41) is 2.79. The molecular weight excluding hydrogens is 138 g/mol. The van der Waals surface area contributed by atoms with E-state index in [1.807, 2.05) is 13.8 Å². The Kier molecular flexibility index (Phi) is 5.28. The van der Waals surface area contributed by atoms with E-state index in [9.17, 15) is 4.79 Å². The maximum Gasteiger partial charge on any atom is 0.221 e. The Morgan fingerprint density at radius 2 is 2.18 bits per heavy atom. The predicted molar refractivity (Wildman–Crippen MR) is 46.0 cm³/mol. The molecule has 0 aromatic rings. The van der Waals surface area contributed by atoms with E-state index in [1.165, 1.54) is 0 Å². The maximum atomic E-state index is 10.9. The molecule has 2 nitrogen and oxygen atoms in total. The minimum Gasteiger partial charge on any atom is -0.354 e. The molecule has 0 spiro atoms. The third kappa shape index (κ3) is 6.92. The lowest BCUT2D eigenvalue weighted by atomic mass is 10.3. The Labute approximate surface area is 68.4 Å². The standard InChI is InChI=1S/C9H15NO/c1-4-5-6-7-9(11)10-8(2)3/h8H,6-7H2,1-3H3,(H,10,11). The Hall–Kier alpha value is -0.970. The van der Waals surface area contributed by atoms with Crippen LogP contribution in [-0.2, 0) is 4.79 Å². The van der Waals surface area contributed by atoms with Crippen LogP contribution in [0, 0.1) is 11.8 Å². The van der Waals surface area contributed by atoms with Crippen molar-refractivity contribution in [2.24, 2.45) is 0 Å². The van der Waals surface area contributed by atoms with Gasteiger partial charge in [0.05, 0.1) is 0 Å². The highest BCUT2D eigenvalue weighted by Gasteiger charge is 1.99. The minimum absolute atomic E-state index is 0.0859. The number of carbonyl (C=O) groups excluding carboxylic acids is 1. The summed E-state index contributed by atoms with van der Waals surface area (Å²) in [6, 6.07) is 0.233. The molecular formula is C9H15NO. The Balaban J connectivity index is 3.43. The number of rotatable bonds is 3. The van der Waals surface area contributed by atoms with E-state index in [1.54, 1.807) is 6.92 Å². The molecule has 62 valence electrons. The molecule has 0 unspecified atom stereocenters. The first-order valence-corrected chi connectivity index (χ1v) is 3.85. The quantitative estimate of drug-likeness (QED) is 0.609. The third-order valence-corrected chi connectivity index (χ3v) is 1.10. The van der Waals surface area contributed by atoms with Crippen molar-refractivity contribution in [3.8, 4) is 11.8 Å². The van der Waals surface area contributed by atoms with Gasteiger partial charge >= 0.3 is 0 Å². The summed E-state index contributed by atoms with van der Waals surface area (Å²) < 4.78 is 0.